The molecule has 2 heterocycles. The average molecular weight is 435 g/mol. The third kappa shape index (κ3) is 4.06. The predicted octanol–water partition coefficient (Wildman–Crippen LogP) is 3.42. The molecule has 9 heteroatoms. The molecule has 4 rings (SSSR count). The van der Waals surface area contributed by atoms with Gasteiger partial charge >= 0.3 is 0 Å². The number of aromatic amines is 1. The van der Waals surface area contributed by atoms with Crippen LogP contribution in [0.3, 0.4) is 0 Å². The number of anilines is 1. The van der Waals surface area contributed by atoms with E-state index >= 15 is 0 Å². The summed E-state index contributed by atoms with van der Waals surface area (Å²) in [6, 6.07) is 12.6. The van der Waals surface area contributed by atoms with Crippen molar-refractivity contribution >= 4 is 34.0 Å². The van der Waals surface area contributed by atoms with E-state index in [-0.39, 0.29) is 27.9 Å². The third-order valence-corrected chi connectivity index (χ3v) is 6.15. The molecule has 32 heavy (non-hydrogen) atoms. The van der Waals surface area contributed by atoms with Crippen LogP contribution < -0.4 is 10.5 Å². The van der Waals surface area contributed by atoms with E-state index in [4.69, 9.17) is 0 Å². The molecule has 1 fully saturated rings. The summed E-state index contributed by atoms with van der Waals surface area (Å²) >= 11 is 0. The number of H-pyrrole nitrogens is 1. The number of nitro benzene ring substituents is 1. The van der Waals surface area contributed by atoms with Crippen molar-refractivity contribution < 1.29 is 10.0 Å². The zero-order valence-corrected chi connectivity index (χ0v) is 18.1. The maximum absolute atomic E-state index is 12.1. The van der Waals surface area contributed by atoms with Crippen molar-refractivity contribution in [2.45, 2.75) is 25.9 Å². The Hall–Kier alpha value is -3.72. The maximum Gasteiger partial charge on any atom is 0.270 e. The number of non-ortho nitro benzene ring substituents is 1. The van der Waals surface area contributed by atoms with Gasteiger partial charge in [-0.05, 0) is 51.2 Å². The van der Waals surface area contributed by atoms with Crippen LogP contribution in [-0.4, -0.2) is 58.3 Å². The van der Waals surface area contributed by atoms with E-state index < -0.39 is 10.5 Å². The molecule has 1 aromatic heterocycles. The summed E-state index contributed by atoms with van der Waals surface area (Å²) in [5.41, 5.74) is 1.30. The SMILES string of the molecule is C[C@@H]1CN(c2ccc(N=Cc3c(O)[nH]c(=O)c4ccc([N+](=O)[O-])cc34)cc2)C[C@H](C)N1C. The Bertz CT molecular complexity index is 1240. The van der Waals surface area contributed by atoms with Crippen molar-refractivity contribution in [3.05, 3.63) is 68.5 Å². The van der Waals surface area contributed by atoms with Crippen molar-refractivity contribution in [3.8, 4) is 5.88 Å². The second-order valence-corrected chi connectivity index (χ2v) is 8.25. The van der Waals surface area contributed by atoms with Crippen LogP contribution in [0.1, 0.15) is 19.4 Å². The molecule has 0 radical (unpaired) electrons. The lowest BCUT2D eigenvalue weighted by Crippen LogP contribution is -2.55. The highest BCUT2D eigenvalue weighted by atomic mass is 16.6. The van der Waals surface area contributed by atoms with Crippen LogP contribution in [0, 0.1) is 10.1 Å². The zero-order valence-electron chi connectivity index (χ0n) is 18.1. The van der Waals surface area contributed by atoms with E-state index in [9.17, 15) is 20.0 Å². The topological polar surface area (TPSA) is 115 Å². The molecule has 0 spiro atoms. The Morgan fingerprint density at radius 1 is 1.12 bits per heavy atom. The molecule has 2 aromatic carbocycles. The van der Waals surface area contributed by atoms with Gasteiger partial charge in [0.25, 0.3) is 11.2 Å². The summed E-state index contributed by atoms with van der Waals surface area (Å²) in [4.78, 5) is 34.2. The van der Waals surface area contributed by atoms with Crippen LogP contribution in [0.25, 0.3) is 10.8 Å². The van der Waals surface area contributed by atoms with Crippen LogP contribution in [-0.2, 0) is 0 Å². The van der Waals surface area contributed by atoms with E-state index in [0.29, 0.717) is 17.8 Å². The number of benzene rings is 2. The minimum absolute atomic E-state index is 0.169. The van der Waals surface area contributed by atoms with Gasteiger partial charge in [0.2, 0.25) is 5.88 Å². The molecule has 0 bridgehead atoms. The number of nitrogens with zero attached hydrogens (tertiary/aromatic N) is 4. The van der Waals surface area contributed by atoms with Crippen molar-refractivity contribution in [2.24, 2.45) is 4.99 Å². The van der Waals surface area contributed by atoms with Crippen molar-refractivity contribution in [2.75, 3.05) is 25.0 Å². The van der Waals surface area contributed by atoms with Gasteiger partial charge in [-0.1, -0.05) is 0 Å². The lowest BCUT2D eigenvalue weighted by molar-refractivity contribution is -0.384. The molecule has 9 nitrogen and oxygen atoms in total. The molecule has 2 N–H and O–H groups in total. The van der Waals surface area contributed by atoms with Gasteiger partial charge in [-0.15, -0.1) is 0 Å². The minimum Gasteiger partial charge on any atom is -0.494 e. The number of aliphatic imine (C=N–C) groups is 1. The van der Waals surface area contributed by atoms with E-state index in [1.807, 2.05) is 24.3 Å². The summed E-state index contributed by atoms with van der Waals surface area (Å²) in [5.74, 6) is -0.385. The van der Waals surface area contributed by atoms with Gasteiger partial charge in [0.15, 0.2) is 0 Å². The normalized spacial score (nSPS) is 19.7. The smallest absolute Gasteiger partial charge is 0.270 e. The number of piperazine rings is 1. The quantitative estimate of drug-likeness (QED) is 0.369. The number of aromatic nitrogens is 1. The standard InChI is InChI=1S/C23H25N5O4/c1-14-12-27(13-15(2)26(14)3)17-6-4-16(5-7-17)24-11-21-20-10-18(28(31)32)8-9-19(20)22(29)25-23(21)30/h4-11,14-15H,12-13H2,1-3H3,(H2,25,29,30)/t14-,15+. The Balaban J connectivity index is 1.63. The number of hydrogen-bond acceptors (Lipinski definition) is 7. The highest BCUT2D eigenvalue weighted by Crippen LogP contribution is 2.27. The fraction of sp³-hybridized carbons (Fsp3) is 0.304. The van der Waals surface area contributed by atoms with Crippen molar-refractivity contribution in [1.82, 2.24) is 9.88 Å². The van der Waals surface area contributed by atoms with E-state index in [1.54, 1.807) is 0 Å². The van der Waals surface area contributed by atoms with E-state index in [2.05, 4.69) is 40.7 Å². The Kier molecular flexibility index (Phi) is 5.67. The molecule has 166 valence electrons. The maximum atomic E-state index is 12.1. The van der Waals surface area contributed by atoms with Crippen LogP contribution in [0.2, 0.25) is 0 Å². The van der Waals surface area contributed by atoms with Gasteiger partial charge in [0.1, 0.15) is 0 Å². The third-order valence-electron chi connectivity index (χ3n) is 6.15. The summed E-state index contributed by atoms with van der Waals surface area (Å²) in [6.45, 7) is 6.32. The molecule has 1 aliphatic rings. The molecule has 0 amide bonds. The van der Waals surface area contributed by atoms with Crippen molar-refractivity contribution in [3.63, 3.8) is 0 Å². The Labute approximate surface area is 184 Å². The van der Waals surface area contributed by atoms with Gasteiger partial charge in [0.05, 0.1) is 16.2 Å². The predicted molar refractivity (Wildman–Crippen MR) is 125 cm³/mol. The average Bonchev–Trinajstić information content (AvgIpc) is 2.77. The summed E-state index contributed by atoms with van der Waals surface area (Å²) in [6.07, 6.45) is 1.41. The number of pyridine rings is 1. The van der Waals surface area contributed by atoms with E-state index in [1.165, 1.54) is 24.4 Å². The lowest BCUT2D eigenvalue weighted by atomic mass is 10.1. The number of nitrogens with one attached hydrogen (secondary N) is 1. The summed E-state index contributed by atoms with van der Waals surface area (Å²) < 4.78 is 0. The first-order chi connectivity index (χ1) is 15.2. The monoisotopic (exact) mass is 435 g/mol. The van der Waals surface area contributed by atoms with Gasteiger partial charge in [0, 0.05) is 60.0 Å². The number of rotatable bonds is 4. The Morgan fingerprint density at radius 2 is 1.78 bits per heavy atom. The highest BCUT2D eigenvalue weighted by Gasteiger charge is 2.26. The number of hydrogen-bond donors (Lipinski definition) is 2. The number of fused-ring (bicyclic) bond motifs is 1. The van der Waals surface area contributed by atoms with Gasteiger partial charge in [-0.2, -0.15) is 0 Å². The molecule has 2 atom stereocenters. The molecular weight excluding hydrogens is 410 g/mol. The van der Waals surface area contributed by atoms with Crippen LogP contribution in [0.4, 0.5) is 17.1 Å². The first-order valence-corrected chi connectivity index (χ1v) is 10.4. The fourth-order valence-corrected chi connectivity index (χ4v) is 4.07. The fourth-order valence-electron chi connectivity index (χ4n) is 4.07. The lowest BCUT2D eigenvalue weighted by Gasteiger charge is -2.43. The van der Waals surface area contributed by atoms with Gasteiger partial charge in [-0.25, -0.2) is 0 Å². The van der Waals surface area contributed by atoms with E-state index in [0.717, 1.165) is 18.8 Å². The number of likely N-dealkylation sites (N-methyl/N-ethyl adjacent to an activating group) is 1. The minimum atomic E-state index is -0.544. The largest absolute Gasteiger partial charge is 0.494 e. The van der Waals surface area contributed by atoms with Crippen LogP contribution in [0.5, 0.6) is 5.88 Å². The first kappa shape index (κ1) is 21.5. The van der Waals surface area contributed by atoms with Crippen molar-refractivity contribution in [1.29, 1.82) is 0 Å². The molecule has 0 unspecified atom stereocenters. The summed E-state index contributed by atoms with van der Waals surface area (Å²) in [5, 5.41) is 21.9. The summed E-state index contributed by atoms with van der Waals surface area (Å²) in [7, 11) is 2.15. The molecule has 0 saturated carbocycles. The molecule has 1 aliphatic heterocycles. The molecule has 3 aromatic rings. The second kappa shape index (κ2) is 8.43. The molecule has 1 saturated heterocycles. The van der Waals surface area contributed by atoms with Gasteiger partial charge < -0.3 is 10.0 Å². The van der Waals surface area contributed by atoms with Crippen LogP contribution in [0.15, 0.2) is 52.3 Å². The highest BCUT2D eigenvalue weighted by molar-refractivity contribution is 6.02. The number of nitro groups is 1. The van der Waals surface area contributed by atoms with Crippen LogP contribution >= 0.6 is 0 Å². The first-order valence-electron chi connectivity index (χ1n) is 10.4. The Morgan fingerprint density at radius 3 is 2.41 bits per heavy atom. The van der Waals surface area contributed by atoms with Gasteiger partial charge in [-0.3, -0.25) is 29.8 Å². The second-order valence-electron chi connectivity index (χ2n) is 8.25. The zero-order chi connectivity index (χ0) is 23.0. The number of aromatic hydroxyl groups is 1. The molecule has 0 aliphatic carbocycles. The molecular formula is C23H25N5O4.